The molecule has 0 heterocycles. The molecule has 23 heavy (non-hydrogen) atoms. The van der Waals surface area contributed by atoms with Gasteiger partial charge in [-0.25, -0.2) is 0 Å². The van der Waals surface area contributed by atoms with Gasteiger partial charge >= 0.3 is 5.97 Å². The number of carbonyl (C=O) groups is 3. The molecule has 0 saturated heterocycles. The van der Waals surface area contributed by atoms with E-state index in [2.05, 4.69) is 6.58 Å². The normalized spacial score (nSPS) is 9.96. The molecular weight excluding hydrogens is 294 g/mol. The van der Waals surface area contributed by atoms with Gasteiger partial charge in [0.25, 0.3) is 0 Å². The maximum atomic E-state index is 12.2. The highest BCUT2D eigenvalue weighted by atomic mass is 16.5. The van der Waals surface area contributed by atoms with Crippen molar-refractivity contribution >= 4 is 17.7 Å². The Balaban J connectivity index is 2.49. The number of hydrogen-bond acceptors (Lipinski definition) is 4. The number of carbonyl (C=O) groups excluding carboxylic acids is 3. The molecule has 0 aliphatic heterocycles. The van der Waals surface area contributed by atoms with E-state index in [4.69, 9.17) is 4.74 Å². The van der Waals surface area contributed by atoms with E-state index in [1.807, 2.05) is 6.07 Å². The molecule has 0 bridgehead atoms. The molecule has 1 aromatic rings. The predicted octanol–water partition coefficient (Wildman–Crippen LogP) is 2.62. The zero-order valence-corrected chi connectivity index (χ0v) is 13.5. The Morgan fingerprint density at radius 1 is 1.13 bits per heavy atom. The summed E-state index contributed by atoms with van der Waals surface area (Å²) in [6.07, 6.45) is 2.00. The zero-order valence-electron chi connectivity index (χ0n) is 13.5. The van der Waals surface area contributed by atoms with Gasteiger partial charge in [0.2, 0.25) is 5.91 Å². The molecule has 0 radical (unpaired) electrons. The minimum atomic E-state index is -0.338. The Bertz CT molecular complexity index is 539. The third-order valence-electron chi connectivity index (χ3n) is 3.26. The van der Waals surface area contributed by atoms with Crippen molar-refractivity contribution in [1.29, 1.82) is 0 Å². The summed E-state index contributed by atoms with van der Waals surface area (Å²) in [7, 11) is 0. The third-order valence-corrected chi connectivity index (χ3v) is 3.26. The van der Waals surface area contributed by atoms with Crippen molar-refractivity contribution in [2.24, 2.45) is 0 Å². The molecule has 0 atom stereocenters. The molecule has 0 N–H and O–H groups in total. The van der Waals surface area contributed by atoms with E-state index in [0.717, 1.165) is 0 Å². The summed E-state index contributed by atoms with van der Waals surface area (Å²) in [6.45, 7) is 6.28. The molecule has 1 amide bonds. The molecule has 0 aliphatic rings. The second kappa shape index (κ2) is 10.3. The first-order valence-electron chi connectivity index (χ1n) is 7.71. The summed E-state index contributed by atoms with van der Waals surface area (Å²) in [5.41, 5.74) is 0.599. The van der Waals surface area contributed by atoms with Gasteiger partial charge in [0.1, 0.15) is 0 Å². The van der Waals surface area contributed by atoms with Crippen molar-refractivity contribution in [2.45, 2.75) is 26.2 Å². The number of hydrogen-bond donors (Lipinski definition) is 0. The second-order valence-corrected chi connectivity index (χ2v) is 4.97. The number of amides is 1. The average molecular weight is 317 g/mol. The van der Waals surface area contributed by atoms with Gasteiger partial charge in [-0.3, -0.25) is 14.4 Å². The number of esters is 1. The first-order valence-corrected chi connectivity index (χ1v) is 7.71. The summed E-state index contributed by atoms with van der Waals surface area (Å²) >= 11 is 0. The van der Waals surface area contributed by atoms with Crippen LogP contribution in [0.2, 0.25) is 0 Å². The fourth-order valence-corrected chi connectivity index (χ4v) is 2.08. The lowest BCUT2D eigenvalue weighted by Gasteiger charge is -2.20. The van der Waals surface area contributed by atoms with Crippen LogP contribution in [0.3, 0.4) is 0 Å². The van der Waals surface area contributed by atoms with Crippen LogP contribution < -0.4 is 0 Å². The van der Waals surface area contributed by atoms with Crippen molar-refractivity contribution in [1.82, 2.24) is 4.90 Å². The molecule has 0 aromatic heterocycles. The van der Waals surface area contributed by atoms with Gasteiger partial charge in [-0.1, -0.05) is 36.4 Å². The highest BCUT2D eigenvalue weighted by Crippen LogP contribution is 2.07. The largest absolute Gasteiger partial charge is 0.466 e. The highest BCUT2D eigenvalue weighted by molar-refractivity contribution is 5.97. The Morgan fingerprint density at radius 2 is 1.83 bits per heavy atom. The number of rotatable bonds is 10. The summed E-state index contributed by atoms with van der Waals surface area (Å²) in [5, 5.41) is 0. The van der Waals surface area contributed by atoms with Crippen LogP contribution >= 0.6 is 0 Å². The topological polar surface area (TPSA) is 63.7 Å². The maximum absolute atomic E-state index is 12.2. The molecule has 0 spiro atoms. The molecule has 5 nitrogen and oxygen atoms in total. The first-order chi connectivity index (χ1) is 11.1. The molecule has 0 fully saturated rings. The van der Waals surface area contributed by atoms with Crippen LogP contribution in [0.1, 0.15) is 36.5 Å². The van der Waals surface area contributed by atoms with E-state index in [1.54, 1.807) is 37.3 Å². The van der Waals surface area contributed by atoms with Gasteiger partial charge in [-0.05, 0) is 6.92 Å². The molecule has 5 heteroatoms. The summed E-state index contributed by atoms with van der Waals surface area (Å²) in [6, 6.07) is 8.88. The molecule has 1 aromatic carbocycles. The van der Waals surface area contributed by atoms with Gasteiger partial charge < -0.3 is 9.64 Å². The van der Waals surface area contributed by atoms with Crippen LogP contribution in [0.25, 0.3) is 0 Å². The van der Waals surface area contributed by atoms with Crippen molar-refractivity contribution < 1.29 is 19.1 Å². The third kappa shape index (κ3) is 6.91. The lowest BCUT2D eigenvalue weighted by Crippen LogP contribution is -2.33. The monoisotopic (exact) mass is 317 g/mol. The van der Waals surface area contributed by atoms with E-state index in [0.29, 0.717) is 18.7 Å². The molecular formula is C18H23NO4. The van der Waals surface area contributed by atoms with Crippen molar-refractivity contribution in [3.05, 3.63) is 48.6 Å². The lowest BCUT2D eigenvalue weighted by atomic mass is 10.1. The number of nitrogens with zero attached hydrogens (tertiary/aromatic N) is 1. The smallest absolute Gasteiger partial charge is 0.307 e. The molecule has 1 rings (SSSR count). The van der Waals surface area contributed by atoms with Crippen LogP contribution in [0.5, 0.6) is 0 Å². The standard InChI is InChI=1S/C18H23NO4/c1-3-13-19(14-12-18(22)23-4-2)17(21)11-10-16(20)15-8-6-5-7-9-15/h3,5-9H,1,4,10-14H2,2H3. The second-order valence-electron chi connectivity index (χ2n) is 4.97. The Hall–Kier alpha value is -2.43. The lowest BCUT2D eigenvalue weighted by molar-refractivity contribution is -0.144. The van der Waals surface area contributed by atoms with Gasteiger partial charge in [0.15, 0.2) is 5.78 Å². The van der Waals surface area contributed by atoms with Gasteiger partial charge in [0, 0.05) is 31.5 Å². The molecule has 0 unspecified atom stereocenters. The first kappa shape index (κ1) is 18.6. The zero-order chi connectivity index (χ0) is 17.1. The van der Waals surface area contributed by atoms with Crippen molar-refractivity contribution in [3.8, 4) is 0 Å². The van der Waals surface area contributed by atoms with E-state index in [1.165, 1.54) is 4.90 Å². The van der Waals surface area contributed by atoms with Crippen LogP contribution in [-0.2, 0) is 14.3 Å². The summed E-state index contributed by atoms with van der Waals surface area (Å²) < 4.78 is 4.85. The number of ketones is 1. The van der Waals surface area contributed by atoms with Gasteiger partial charge in [-0.2, -0.15) is 0 Å². The fraction of sp³-hybridized carbons (Fsp3) is 0.389. The van der Waals surface area contributed by atoms with Gasteiger partial charge in [0.05, 0.1) is 13.0 Å². The molecule has 0 saturated carbocycles. The van der Waals surface area contributed by atoms with E-state index in [9.17, 15) is 14.4 Å². The fourth-order valence-electron chi connectivity index (χ4n) is 2.08. The van der Waals surface area contributed by atoms with Crippen LogP contribution in [0.15, 0.2) is 43.0 Å². The van der Waals surface area contributed by atoms with E-state index >= 15 is 0 Å². The van der Waals surface area contributed by atoms with Crippen LogP contribution in [-0.4, -0.2) is 42.3 Å². The predicted molar refractivity (Wildman–Crippen MR) is 88.0 cm³/mol. The Morgan fingerprint density at radius 3 is 2.43 bits per heavy atom. The minimum Gasteiger partial charge on any atom is -0.466 e. The SMILES string of the molecule is C=CCN(CCC(=O)OCC)C(=O)CCC(=O)c1ccccc1. The van der Waals surface area contributed by atoms with E-state index in [-0.39, 0.29) is 43.5 Å². The van der Waals surface area contributed by atoms with Crippen molar-refractivity contribution in [2.75, 3.05) is 19.7 Å². The number of Topliss-reactive ketones (excluding diaryl/α,β-unsaturated/α-hetero) is 1. The number of ether oxygens (including phenoxy) is 1. The molecule has 0 aliphatic carbocycles. The van der Waals surface area contributed by atoms with Crippen molar-refractivity contribution in [3.63, 3.8) is 0 Å². The number of benzene rings is 1. The highest BCUT2D eigenvalue weighted by Gasteiger charge is 2.16. The van der Waals surface area contributed by atoms with Crippen LogP contribution in [0.4, 0.5) is 0 Å². The average Bonchev–Trinajstić information content (AvgIpc) is 2.57. The molecule has 124 valence electrons. The minimum absolute atomic E-state index is 0.0668. The Kier molecular flexibility index (Phi) is 8.36. The summed E-state index contributed by atoms with van der Waals surface area (Å²) in [4.78, 5) is 37.1. The summed E-state index contributed by atoms with van der Waals surface area (Å²) in [5.74, 6) is -0.573. The quantitative estimate of drug-likeness (QED) is 0.378. The maximum Gasteiger partial charge on any atom is 0.307 e. The van der Waals surface area contributed by atoms with Gasteiger partial charge in [-0.15, -0.1) is 6.58 Å². The van der Waals surface area contributed by atoms with E-state index < -0.39 is 0 Å². The van der Waals surface area contributed by atoms with Crippen LogP contribution in [0, 0.1) is 0 Å². The Labute approximate surface area is 136 Å².